The molecule has 7 heteroatoms. The second-order valence-electron chi connectivity index (χ2n) is 8.34. The van der Waals surface area contributed by atoms with Gasteiger partial charge in [-0.1, -0.05) is 12.1 Å². The number of piperazine rings is 1. The van der Waals surface area contributed by atoms with Gasteiger partial charge >= 0.3 is 0 Å². The highest BCUT2D eigenvalue weighted by atomic mass is 16.3. The van der Waals surface area contributed by atoms with E-state index in [2.05, 4.69) is 19.8 Å². The van der Waals surface area contributed by atoms with Crippen LogP contribution in [0.1, 0.15) is 24.8 Å². The average Bonchev–Trinajstić information content (AvgIpc) is 2.80. The molecule has 4 rings (SSSR count). The van der Waals surface area contributed by atoms with E-state index in [0.717, 1.165) is 70.4 Å². The molecule has 1 aromatic carbocycles. The molecule has 0 unspecified atom stereocenters. The second-order valence-corrected chi connectivity index (χ2v) is 8.34. The Hall–Kier alpha value is -2.67. The predicted molar refractivity (Wildman–Crippen MR) is 116 cm³/mol. The number of aromatic hydroxyl groups is 1. The Morgan fingerprint density at radius 2 is 1.63 bits per heavy atom. The van der Waals surface area contributed by atoms with Gasteiger partial charge in [0.2, 0.25) is 11.9 Å². The van der Waals surface area contributed by atoms with E-state index in [1.54, 1.807) is 24.5 Å². The molecule has 0 bridgehead atoms. The number of aromatic nitrogens is 2. The van der Waals surface area contributed by atoms with Crippen molar-refractivity contribution in [2.45, 2.75) is 25.7 Å². The predicted octanol–water partition coefficient (Wildman–Crippen LogP) is 2.18. The number of amides is 1. The summed E-state index contributed by atoms with van der Waals surface area (Å²) in [6.45, 7) is 5.59. The molecule has 2 saturated heterocycles. The van der Waals surface area contributed by atoms with E-state index in [-0.39, 0.29) is 5.91 Å². The normalized spacial score (nSPS) is 18.5. The van der Waals surface area contributed by atoms with E-state index in [4.69, 9.17) is 0 Å². The van der Waals surface area contributed by atoms with Crippen molar-refractivity contribution in [1.82, 2.24) is 19.8 Å². The lowest BCUT2D eigenvalue weighted by Gasteiger charge is -2.37. The van der Waals surface area contributed by atoms with Gasteiger partial charge in [0, 0.05) is 38.6 Å². The molecule has 160 valence electrons. The van der Waals surface area contributed by atoms with Gasteiger partial charge in [-0.3, -0.25) is 9.69 Å². The number of nitrogens with zero attached hydrogens (tertiary/aromatic N) is 5. The smallest absolute Gasteiger partial charge is 0.236 e. The van der Waals surface area contributed by atoms with Crippen LogP contribution in [0.25, 0.3) is 0 Å². The summed E-state index contributed by atoms with van der Waals surface area (Å²) in [4.78, 5) is 27.8. The van der Waals surface area contributed by atoms with E-state index >= 15 is 0 Å². The maximum atomic E-state index is 12.7. The molecule has 0 radical (unpaired) electrons. The first-order valence-corrected chi connectivity index (χ1v) is 11.0. The number of aryl methyl sites for hydroxylation is 1. The molecule has 2 aromatic rings. The Kier molecular flexibility index (Phi) is 6.79. The summed E-state index contributed by atoms with van der Waals surface area (Å²) in [5.41, 5.74) is 1.28. The molecule has 1 aromatic heterocycles. The van der Waals surface area contributed by atoms with Gasteiger partial charge in [0.15, 0.2) is 0 Å². The Balaban J connectivity index is 1.15. The molecule has 2 aliphatic rings. The van der Waals surface area contributed by atoms with Crippen molar-refractivity contribution in [2.24, 2.45) is 5.92 Å². The number of rotatable bonds is 6. The lowest BCUT2D eigenvalue weighted by molar-refractivity contribution is -0.133. The summed E-state index contributed by atoms with van der Waals surface area (Å²) in [6.07, 6.45) is 8.06. The van der Waals surface area contributed by atoms with Gasteiger partial charge in [-0.05, 0) is 68.5 Å². The van der Waals surface area contributed by atoms with Crippen molar-refractivity contribution < 1.29 is 9.90 Å². The van der Waals surface area contributed by atoms with Crippen molar-refractivity contribution in [2.75, 3.05) is 50.7 Å². The zero-order valence-corrected chi connectivity index (χ0v) is 17.5. The SMILES string of the molecule is O=C(CN1CCC(CCc2ccc(O)cc2)CC1)N1CCN(c2ncccn2)CC1. The molecule has 3 heterocycles. The Morgan fingerprint density at radius 1 is 0.967 bits per heavy atom. The number of anilines is 1. The monoisotopic (exact) mass is 409 g/mol. The van der Waals surface area contributed by atoms with Crippen LogP contribution >= 0.6 is 0 Å². The molecule has 0 aliphatic carbocycles. The quantitative estimate of drug-likeness (QED) is 0.788. The Morgan fingerprint density at radius 3 is 2.30 bits per heavy atom. The summed E-state index contributed by atoms with van der Waals surface area (Å²) in [7, 11) is 0. The third kappa shape index (κ3) is 5.48. The minimum atomic E-state index is 0.242. The Bertz CT molecular complexity index is 798. The molecule has 2 fully saturated rings. The summed E-state index contributed by atoms with van der Waals surface area (Å²) in [5, 5.41) is 9.39. The number of likely N-dealkylation sites (tertiary alicyclic amines) is 1. The minimum Gasteiger partial charge on any atom is -0.508 e. The van der Waals surface area contributed by atoms with Crippen molar-refractivity contribution in [3.05, 3.63) is 48.3 Å². The van der Waals surface area contributed by atoms with Crippen molar-refractivity contribution in [3.8, 4) is 5.75 Å². The number of hydrogen-bond donors (Lipinski definition) is 1. The molecular formula is C23H31N5O2. The van der Waals surface area contributed by atoms with Gasteiger partial charge in [0.25, 0.3) is 0 Å². The van der Waals surface area contributed by atoms with Crippen LogP contribution in [0.3, 0.4) is 0 Å². The lowest BCUT2D eigenvalue weighted by Crippen LogP contribution is -2.52. The highest BCUT2D eigenvalue weighted by molar-refractivity contribution is 5.78. The van der Waals surface area contributed by atoms with Crippen LogP contribution in [-0.2, 0) is 11.2 Å². The average molecular weight is 410 g/mol. The lowest BCUT2D eigenvalue weighted by atomic mass is 9.90. The Labute approximate surface area is 178 Å². The van der Waals surface area contributed by atoms with Gasteiger partial charge < -0.3 is 14.9 Å². The van der Waals surface area contributed by atoms with E-state index in [9.17, 15) is 9.90 Å². The highest BCUT2D eigenvalue weighted by Crippen LogP contribution is 2.23. The van der Waals surface area contributed by atoms with Crippen molar-refractivity contribution >= 4 is 11.9 Å². The number of benzene rings is 1. The van der Waals surface area contributed by atoms with Gasteiger partial charge in [-0.2, -0.15) is 0 Å². The third-order valence-electron chi connectivity index (χ3n) is 6.31. The van der Waals surface area contributed by atoms with E-state index < -0.39 is 0 Å². The second kappa shape index (κ2) is 9.89. The van der Waals surface area contributed by atoms with Gasteiger partial charge in [-0.15, -0.1) is 0 Å². The van der Waals surface area contributed by atoms with E-state index in [1.807, 2.05) is 23.1 Å². The van der Waals surface area contributed by atoms with Crippen LogP contribution in [-0.4, -0.2) is 76.6 Å². The zero-order chi connectivity index (χ0) is 20.8. The third-order valence-corrected chi connectivity index (χ3v) is 6.31. The fourth-order valence-corrected chi connectivity index (χ4v) is 4.37. The molecule has 1 amide bonds. The van der Waals surface area contributed by atoms with Crippen LogP contribution < -0.4 is 4.90 Å². The number of carbonyl (C=O) groups is 1. The zero-order valence-electron chi connectivity index (χ0n) is 17.5. The fourth-order valence-electron chi connectivity index (χ4n) is 4.37. The first-order valence-electron chi connectivity index (χ1n) is 11.0. The van der Waals surface area contributed by atoms with Crippen molar-refractivity contribution in [3.63, 3.8) is 0 Å². The summed E-state index contributed by atoms with van der Waals surface area (Å²) in [5.74, 6) is 2.04. The summed E-state index contributed by atoms with van der Waals surface area (Å²) >= 11 is 0. The topological polar surface area (TPSA) is 72.8 Å². The molecular weight excluding hydrogens is 378 g/mol. The maximum absolute atomic E-state index is 12.7. The number of piperidine rings is 1. The first kappa shape index (κ1) is 20.6. The number of hydrogen-bond acceptors (Lipinski definition) is 6. The molecule has 30 heavy (non-hydrogen) atoms. The molecule has 0 atom stereocenters. The van der Waals surface area contributed by atoms with Gasteiger partial charge in [-0.25, -0.2) is 9.97 Å². The molecule has 0 saturated carbocycles. The van der Waals surface area contributed by atoms with Crippen molar-refractivity contribution in [1.29, 1.82) is 0 Å². The van der Waals surface area contributed by atoms with E-state index in [0.29, 0.717) is 12.3 Å². The number of phenolic OH excluding ortho intramolecular Hbond substituents is 1. The van der Waals surface area contributed by atoms with E-state index in [1.165, 1.54) is 12.0 Å². The molecule has 1 N–H and O–H groups in total. The molecule has 2 aliphatic heterocycles. The standard InChI is InChI=1S/C23H31N5O2/c29-21-6-4-19(5-7-21)2-3-20-8-12-26(13-9-20)18-22(30)27-14-16-28(17-15-27)23-24-10-1-11-25-23/h1,4-7,10-11,20,29H,2-3,8-9,12-18H2. The van der Waals surface area contributed by atoms with Gasteiger partial charge in [0.1, 0.15) is 5.75 Å². The van der Waals surface area contributed by atoms with Crippen LogP contribution in [0.2, 0.25) is 0 Å². The van der Waals surface area contributed by atoms with Crippen LogP contribution in [0.5, 0.6) is 5.75 Å². The molecule has 7 nitrogen and oxygen atoms in total. The largest absolute Gasteiger partial charge is 0.508 e. The molecule has 0 spiro atoms. The fraction of sp³-hybridized carbons (Fsp3) is 0.522. The van der Waals surface area contributed by atoms with Crippen LogP contribution in [0, 0.1) is 5.92 Å². The number of phenols is 1. The summed E-state index contributed by atoms with van der Waals surface area (Å²) in [6, 6.07) is 9.35. The maximum Gasteiger partial charge on any atom is 0.236 e. The van der Waals surface area contributed by atoms with Crippen LogP contribution in [0.15, 0.2) is 42.7 Å². The number of carbonyl (C=O) groups excluding carboxylic acids is 1. The first-order chi connectivity index (χ1) is 14.7. The van der Waals surface area contributed by atoms with Gasteiger partial charge in [0.05, 0.1) is 6.54 Å². The van der Waals surface area contributed by atoms with Crippen LogP contribution in [0.4, 0.5) is 5.95 Å². The minimum absolute atomic E-state index is 0.242. The highest BCUT2D eigenvalue weighted by Gasteiger charge is 2.26. The summed E-state index contributed by atoms with van der Waals surface area (Å²) < 4.78 is 0.